The van der Waals surface area contributed by atoms with Crippen molar-refractivity contribution in [2.45, 2.75) is 6.42 Å². The van der Waals surface area contributed by atoms with Crippen LogP contribution in [0.5, 0.6) is 0 Å². The van der Waals surface area contributed by atoms with Crippen molar-refractivity contribution in [2.75, 3.05) is 18.5 Å². The maximum absolute atomic E-state index is 6.01. The standard InChI is InChI=1S/C13H13ClN6/c1-19(7-4-10-2-5-15-6-3-10)12-8-11(14)18-13-16-9-17-20(12)13/h2-3,5-6,8-9H,4,7H2,1H3. The molecule has 0 amide bonds. The Bertz CT molecular complexity index is 711. The molecule has 0 saturated heterocycles. The Labute approximate surface area is 121 Å². The van der Waals surface area contributed by atoms with Crippen LogP contribution in [0.15, 0.2) is 36.9 Å². The third kappa shape index (κ3) is 2.55. The first-order chi connectivity index (χ1) is 9.74. The van der Waals surface area contributed by atoms with Crippen LogP contribution in [0.2, 0.25) is 5.15 Å². The summed E-state index contributed by atoms with van der Waals surface area (Å²) in [5, 5.41) is 4.58. The Balaban J connectivity index is 1.82. The molecule has 0 unspecified atom stereocenters. The topological polar surface area (TPSA) is 59.2 Å². The zero-order valence-electron chi connectivity index (χ0n) is 10.9. The summed E-state index contributed by atoms with van der Waals surface area (Å²) in [6.07, 6.45) is 5.98. The van der Waals surface area contributed by atoms with E-state index in [0.29, 0.717) is 10.9 Å². The summed E-state index contributed by atoms with van der Waals surface area (Å²) in [6, 6.07) is 5.81. The van der Waals surface area contributed by atoms with Gasteiger partial charge in [0.15, 0.2) is 0 Å². The Morgan fingerprint density at radius 2 is 2.10 bits per heavy atom. The minimum atomic E-state index is 0.413. The van der Waals surface area contributed by atoms with E-state index < -0.39 is 0 Å². The highest BCUT2D eigenvalue weighted by molar-refractivity contribution is 6.29. The molecule has 7 heteroatoms. The molecule has 0 aliphatic rings. The van der Waals surface area contributed by atoms with Gasteiger partial charge in [-0.05, 0) is 24.1 Å². The van der Waals surface area contributed by atoms with Crippen LogP contribution < -0.4 is 4.90 Å². The van der Waals surface area contributed by atoms with Crippen molar-refractivity contribution < 1.29 is 0 Å². The first-order valence-electron chi connectivity index (χ1n) is 6.20. The van der Waals surface area contributed by atoms with Gasteiger partial charge in [-0.2, -0.15) is 19.6 Å². The number of nitrogens with zero attached hydrogens (tertiary/aromatic N) is 6. The number of aromatic nitrogens is 5. The van der Waals surface area contributed by atoms with Gasteiger partial charge in [0.2, 0.25) is 0 Å². The van der Waals surface area contributed by atoms with Gasteiger partial charge < -0.3 is 4.90 Å². The van der Waals surface area contributed by atoms with Crippen LogP contribution in [-0.4, -0.2) is 38.2 Å². The molecule has 0 radical (unpaired) electrons. The molecule has 3 heterocycles. The zero-order chi connectivity index (χ0) is 13.9. The minimum Gasteiger partial charge on any atom is -0.359 e. The normalized spacial score (nSPS) is 10.9. The van der Waals surface area contributed by atoms with Gasteiger partial charge in [0.05, 0.1) is 0 Å². The number of halogens is 1. The Kier molecular flexibility index (Phi) is 3.47. The molecule has 0 aromatic carbocycles. The number of hydrogen-bond donors (Lipinski definition) is 0. The summed E-state index contributed by atoms with van der Waals surface area (Å²) in [7, 11) is 1.99. The molecule has 0 N–H and O–H groups in total. The molecule has 6 nitrogen and oxygen atoms in total. The highest BCUT2D eigenvalue weighted by Gasteiger charge is 2.10. The van der Waals surface area contributed by atoms with Crippen molar-refractivity contribution in [3.63, 3.8) is 0 Å². The third-order valence-electron chi connectivity index (χ3n) is 3.08. The number of pyridine rings is 1. The summed E-state index contributed by atoms with van der Waals surface area (Å²) < 4.78 is 1.68. The molecule has 0 aliphatic heterocycles. The molecule has 3 rings (SSSR count). The van der Waals surface area contributed by atoms with Crippen LogP contribution in [0.3, 0.4) is 0 Å². The number of hydrogen-bond acceptors (Lipinski definition) is 5. The fraction of sp³-hybridized carbons (Fsp3) is 0.231. The maximum Gasteiger partial charge on any atom is 0.255 e. The molecule has 3 aromatic rings. The fourth-order valence-corrected chi connectivity index (χ4v) is 2.17. The Hall–Kier alpha value is -2.21. The van der Waals surface area contributed by atoms with Gasteiger partial charge in [-0.1, -0.05) is 11.6 Å². The largest absolute Gasteiger partial charge is 0.359 e. The van der Waals surface area contributed by atoms with Gasteiger partial charge in [-0.15, -0.1) is 0 Å². The van der Waals surface area contributed by atoms with Gasteiger partial charge >= 0.3 is 0 Å². The van der Waals surface area contributed by atoms with Crippen molar-refractivity contribution in [3.05, 3.63) is 47.6 Å². The quantitative estimate of drug-likeness (QED) is 0.686. The lowest BCUT2D eigenvalue weighted by Gasteiger charge is -2.19. The average molecular weight is 289 g/mol. The number of rotatable bonds is 4. The lowest BCUT2D eigenvalue weighted by Crippen LogP contribution is -2.23. The number of fused-ring (bicyclic) bond motifs is 1. The number of anilines is 1. The van der Waals surface area contributed by atoms with E-state index in [4.69, 9.17) is 11.6 Å². The molecule has 0 fully saturated rings. The molecular formula is C13H13ClN6. The first-order valence-corrected chi connectivity index (χ1v) is 6.58. The average Bonchev–Trinajstić information content (AvgIpc) is 2.93. The van der Waals surface area contributed by atoms with Crippen molar-refractivity contribution in [2.24, 2.45) is 0 Å². The summed E-state index contributed by atoms with van der Waals surface area (Å²) in [4.78, 5) is 14.3. The Morgan fingerprint density at radius 1 is 1.30 bits per heavy atom. The van der Waals surface area contributed by atoms with Crippen LogP contribution in [-0.2, 0) is 6.42 Å². The second kappa shape index (κ2) is 5.42. The van der Waals surface area contributed by atoms with Crippen LogP contribution in [0.25, 0.3) is 5.78 Å². The van der Waals surface area contributed by atoms with E-state index in [9.17, 15) is 0 Å². The van der Waals surface area contributed by atoms with E-state index in [1.165, 1.54) is 11.9 Å². The van der Waals surface area contributed by atoms with Crippen LogP contribution in [0.1, 0.15) is 5.56 Å². The zero-order valence-corrected chi connectivity index (χ0v) is 11.7. The van der Waals surface area contributed by atoms with Crippen molar-refractivity contribution >= 4 is 23.2 Å². The smallest absolute Gasteiger partial charge is 0.255 e. The van der Waals surface area contributed by atoms with Gasteiger partial charge in [0.25, 0.3) is 5.78 Å². The van der Waals surface area contributed by atoms with Gasteiger partial charge in [-0.25, -0.2) is 0 Å². The van der Waals surface area contributed by atoms with E-state index in [0.717, 1.165) is 18.8 Å². The van der Waals surface area contributed by atoms with Gasteiger partial charge in [0, 0.05) is 32.1 Å². The van der Waals surface area contributed by atoms with E-state index >= 15 is 0 Å². The highest BCUT2D eigenvalue weighted by Crippen LogP contribution is 2.18. The minimum absolute atomic E-state index is 0.413. The molecule has 102 valence electrons. The molecule has 0 saturated carbocycles. The lowest BCUT2D eigenvalue weighted by atomic mass is 10.2. The predicted octanol–water partition coefficient (Wildman–Crippen LogP) is 1.85. The summed E-state index contributed by atoms with van der Waals surface area (Å²) in [6.45, 7) is 0.833. The summed E-state index contributed by atoms with van der Waals surface area (Å²) >= 11 is 6.01. The summed E-state index contributed by atoms with van der Waals surface area (Å²) in [5.41, 5.74) is 1.24. The van der Waals surface area contributed by atoms with E-state index in [1.54, 1.807) is 23.0 Å². The SMILES string of the molecule is CN(CCc1ccncc1)c1cc(Cl)nc2ncnn12. The first kappa shape index (κ1) is 12.8. The van der Waals surface area contributed by atoms with Crippen molar-refractivity contribution in [1.29, 1.82) is 0 Å². The predicted molar refractivity (Wildman–Crippen MR) is 77.0 cm³/mol. The molecule has 0 spiro atoms. The number of likely N-dealkylation sites (N-methyl/N-ethyl adjacent to an activating group) is 1. The second-order valence-corrected chi connectivity index (χ2v) is 4.82. The van der Waals surface area contributed by atoms with Crippen molar-refractivity contribution in [1.82, 2.24) is 24.6 Å². The molecule has 0 atom stereocenters. The third-order valence-corrected chi connectivity index (χ3v) is 3.27. The molecule has 0 bridgehead atoms. The molecular weight excluding hydrogens is 276 g/mol. The Morgan fingerprint density at radius 3 is 2.90 bits per heavy atom. The van der Waals surface area contributed by atoms with Crippen molar-refractivity contribution in [3.8, 4) is 0 Å². The van der Waals surface area contributed by atoms with Crippen LogP contribution in [0.4, 0.5) is 5.82 Å². The molecule has 0 aliphatic carbocycles. The monoisotopic (exact) mass is 288 g/mol. The van der Waals surface area contributed by atoms with E-state index in [-0.39, 0.29) is 0 Å². The maximum atomic E-state index is 6.01. The fourth-order valence-electron chi connectivity index (χ4n) is 2.00. The molecule has 3 aromatic heterocycles. The van der Waals surface area contributed by atoms with Gasteiger partial charge in [-0.3, -0.25) is 4.98 Å². The lowest BCUT2D eigenvalue weighted by molar-refractivity contribution is 0.814. The van der Waals surface area contributed by atoms with Crippen LogP contribution in [0, 0.1) is 0 Å². The molecule has 20 heavy (non-hydrogen) atoms. The van der Waals surface area contributed by atoms with Gasteiger partial charge in [0.1, 0.15) is 17.3 Å². The second-order valence-electron chi connectivity index (χ2n) is 4.44. The van der Waals surface area contributed by atoms with Crippen LogP contribution >= 0.6 is 11.6 Å². The van der Waals surface area contributed by atoms with E-state index in [2.05, 4.69) is 25.0 Å². The summed E-state index contributed by atoms with van der Waals surface area (Å²) in [5.74, 6) is 1.37. The van der Waals surface area contributed by atoms with E-state index in [1.807, 2.05) is 19.2 Å². The highest BCUT2D eigenvalue weighted by atomic mass is 35.5.